The van der Waals surface area contributed by atoms with Crippen molar-refractivity contribution in [1.29, 1.82) is 0 Å². The average Bonchev–Trinajstić information content (AvgIpc) is 1.96. The van der Waals surface area contributed by atoms with Crippen LogP contribution in [0.3, 0.4) is 0 Å². The predicted octanol–water partition coefficient (Wildman–Crippen LogP) is 2.65. The van der Waals surface area contributed by atoms with Gasteiger partial charge in [-0.15, -0.1) is 0 Å². The van der Waals surface area contributed by atoms with Gasteiger partial charge >= 0.3 is 0 Å². The van der Waals surface area contributed by atoms with E-state index >= 15 is 0 Å². The molecule has 0 heterocycles. The third kappa shape index (κ3) is 1.71. The molecule has 0 amide bonds. The van der Waals surface area contributed by atoms with E-state index in [4.69, 9.17) is 0 Å². The van der Waals surface area contributed by atoms with Crippen LogP contribution in [0, 0.1) is 26.4 Å². The van der Waals surface area contributed by atoms with Gasteiger partial charge in [-0.2, -0.15) is 0 Å². The zero-order valence-electron chi connectivity index (χ0n) is 6.17. The summed E-state index contributed by atoms with van der Waals surface area (Å²) in [4.78, 5) is 9.73. The number of hydrogen-bond donors (Lipinski definition) is 0. The van der Waals surface area contributed by atoms with Crippen LogP contribution in [0.2, 0.25) is 0 Å². The van der Waals surface area contributed by atoms with Gasteiger partial charge in [0, 0.05) is 0 Å². The maximum atomic E-state index is 12.8. The molecule has 3 nitrogen and oxygen atoms in total. The minimum atomic E-state index is -0.593. The summed E-state index contributed by atoms with van der Waals surface area (Å²) >= 11 is 1.81. The van der Waals surface area contributed by atoms with Gasteiger partial charge in [0.05, 0.1) is 14.6 Å². The molecule has 0 aromatic heterocycles. The lowest BCUT2D eigenvalue weighted by atomic mass is 10.2. The minimum absolute atomic E-state index is 0.182. The molecule has 0 aliphatic rings. The van der Waals surface area contributed by atoms with Gasteiger partial charge in [0.1, 0.15) is 5.82 Å². The van der Waals surface area contributed by atoms with Crippen LogP contribution in [0.5, 0.6) is 0 Å². The first-order valence-electron chi connectivity index (χ1n) is 3.12. The zero-order chi connectivity index (χ0) is 9.30. The largest absolute Gasteiger partial charge is 0.285 e. The van der Waals surface area contributed by atoms with Crippen LogP contribution >= 0.6 is 22.6 Å². The van der Waals surface area contributed by atoms with Gasteiger partial charge in [-0.05, 0) is 41.1 Å². The van der Waals surface area contributed by atoms with Crippen molar-refractivity contribution in [2.24, 2.45) is 0 Å². The molecule has 0 fully saturated rings. The highest BCUT2D eigenvalue weighted by molar-refractivity contribution is 14.1. The van der Waals surface area contributed by atoms with Crippen molar-refractivity contribution in [3.05, 3.63) is 37.2 Å². The third-order valence-electron chi connectivity index (χ3n) is 1.42. The molecule has 1 aromatic rings. The first-order chi connectivity index (χ1) is 5.52. The maximum Gasteiger partial charge on any atom is 0.285 e. The van der Waals surface area contributed by atoms with E-state index in [1.54, 1.807) is 6.92 Å². The molecule has 0 aliphatic carbocycles. The third-order valence-corrected chi connectivity index (χ3v) is 2.29. The van der Waals surface area contributed by atoms with Crippen molar-refractivity contribution in [1.82, 2.24) is 0 Å². The van der Waals surface area contributed by atoms with E-state index in [2.05, 4.69) is 0 Å². The van der Waals surface area contributed by atoms with Crippen LogP contribution in [0.15, 0.2) is 12.1 Å². The molecule has 64 valence electrons. The second-order valence-electron chi connectivity index (χ2n) is 2.31. The number of aryl methyl sites for hydroxylation is 1. The SMILES string of the molecule is Cc1cc(I)c([N+](=O)[O-])cc1F. The second-order valence-corrected chi connectivity index (χ2v) is 3.47. The highest BCUT2D eigenvalue weighted by atomic mass is 127. The first kappa shape index (κ1) is 9.37. The molecule has 0 N–H and O–H groups in total. The number of halogens is 2. The van der Waals surface area contributed by atoms with E-state index in [1.165, 1.54) is 6.07 Å². The van der Waals surface area contributed by atoms with Gasteiger partial charge in [-0.3, -0.25) is 10.1 Å². The van der Waals surface area contributed by atoms with Crippen molar-refractivity contribution < 1.29 is 9.31 Å². The smallest absolute Gasteiger partial charge is 0.258 e. The average molecular weight is 281 g/mol. The van der Waals surface area contributed by atoms with Gasteiger partial charge in [0.15, 0.2) is 0 Å². The fourth-order valence-electron chi connectivity index (χ4n) is 0.776. The summed E-state index contributed by atoms with van der Waals surface area (Å²) in [6.07, 6.45) is 0. The molecule has 1 aromatic carbocycles. The molecular weight excluding hydrogens is 276 g/mol. The summed E-state index contributed by atoms with van der Waals surface area (Å²) in [5.41, 5.74) is 0.240. The van der Waals surface area contributed by atoms with Crippen LogP contribution in [0.4, 0.5) is 10.1 Å². The molecule has 0 unspecified atom stereocenters. The zero-order valence-corrected chi connectivity index (χ0v) is 8.33. The molecule has 0 radical (unpaired) electrons. The van der Waals surface area contributed by atoms with E-state index in [1.807, 2.05) is 22.6 Å². The van der Waals surface area contributed by atoms with Gasteiger partial charge in [0.25, 0.3) is 5.69 Å². The summed E-state index contributed by atoms with van der Waals surface area (Å²) in [5.74, 6) is -0.540. The van der Waals surface area contributed by atoms with Crippen LogP contribution in [-0.4, -0.2) is 4.92 Å². The quantitative estimate of drug-likeness (QED) is 0.451. The summed E-state index contributed by atoms with van der Waals surface area (Å²) < 4.78 is 13.3. The Kier molecular flexibility index (Phi) is 2.61. The van der Waals surface area contributed by atoms with E-state index in [9.17, 15) is 14.5 Å². The first-order valence-corrected chi connectivity index (χ1v) is 4.20. The highest BCUT2D eigenvalue weighted by Crippen LogP contribution is 2.23. The molecule has 0 bridgehead atoms. The maximum absolute atomic E-state index is 12.8. The number of nitro groups is 1. The fraction of sp³-hybridized carbons (Fsp3) is 0.143. The van der Waals surface area contributed by atoms with Crippen molar-refractivity contribution in [2.45, 2.75) is 6.92 Å². The Labute approximate surface area is 81.9 Å². The summed E-state index contributed by atoms with van der Waals surface area (Å²) in [5, 5.41) is 10.3. The Morgan fingerprint density at radius 2 is 2.17 bits per heavy atom. The summed E-state index contributed by atoms with van der Waals surface area (Å²) in [7, 11) is 0. The van der Waals surface area contributed by atoms with E-state index in [0.717, 1.165) is 6.07 Å². The minimum Gasteiger partial charge on any atom is -0.258 e. The molecular formula is C7H5FINO2. The van der Waals surface area contributed by atoms with Crippen LogP contribution < -0.4 is 0 Å². The second kappa shape index (κ2) is 3.34. The lowest BCUT2D eigenvalue weighted by Gasteiger charge is -1.98. The highest BCUT2D eigenvalue weighted by Gasteiger charge is 2.14. The van der Waals surface area contributed by atoms with E-state index in [0.29, 0.717) is 9.13 Å². The Balaban J connectivity index is 3.33. The van der Waals surface area contributed by atoms with Gasteiger partial charge in [0.2, 0.25) is 0 Å². The number of hydrogen-bond acceptors (Lipinski definition) is 2. The molecule has 1 rings (SSSR count). The lowest BCUT2D eigenvalue weighted by Crippen LogP contribution is -1.94. The lowest BCUT2D eigenvalue weighted by molar-refractivity contribution is -0.386. The molecule has 12 heavy (non-hydrogen) atoms. The molecule has 0 saturated carbocycles. The van der Waals surface area contributed by atoms with Gasteiger partial charge in [-0.1, -0.05) is 0 Å². The number of rotatable bonds is 1. The summed E-state index contributed by atoms with van der Waals surface area (Å²) in [6, 6.07) is 2.39. The van der Waals surface area contributed by atoms with Gasteiger partial charge < -0.3 is 0 Å². The van der Waals surface area contributed by atoms with Crippen molar-refractivity contribution in [3.8, 4) is 0 Å². The van der Waals surface area contributed by atoms with Crippen molar-refractivity contribution in [3.63, 3.8) is 0 Å². The van der Waals surface area contributed by atoms with Crippen molar-refractivity contribution in [2.75, 3.05) is 0 Å². The number of benzene rings is 1. The molecule has 0 spiro atoms. The Bertz CT molecular complexity index is 340. The predicted molar refractivity (Wildman–Crippen MR) is 50.5 cm³/mol. The molecule has 0 saturated heterocycles. The number of nitro benzene ring substituents is 1. The molecule has 5 heteroatoms. The van der Waals surface area contributed by atoms with Gasteiger partial charge in [-0.25, -0.2) is 4.39 Å². The van der Waals surface area contributed by atoms with E-state index < -0.39 is 10.7 Å². The van der Waals surface area contributed by atoms with Crippen LogP contribution in [0.25, 0.3) is 0 Å². The van der Waals surface area contributed by atoms with Crippen LogP contribution in [0.1, 0.15) is 5.56 Å². The fourth-order valence-corrected chi connectivity index (χ4v) is 1.60. The van der Waals surface area contributed by atoms with Crippen molar-refractivity contribution >= 4 is 28.3 Å². The van der Waals surface area contributed by atoms with Crippen LogP contribution in [-0.2, 0) is 0 Å². The Hall–Kier alpha value is -0.720. The standard InChI is InChI=1S/C7H5FINO2/c1-4-2-6(9)7(10(11)12)3-5(4)8/h2-3H,1H3. The molecule has 0 aliphatic heterocycles. The monoisotopic (exact) mass is 281 g/mol. The Morgan fingerprint density at radius 1 is 1.58 bits per heavy atom. The Morgan fingerprint density at radius 3 is 2.67 bits per heavy atom. The van der Waals surface area contributed by atoms with E-state index in [-0.39, 0.29) is 5.69 Å². The number of nitrogens with zero attached hydrogens (tertiary/aromatic N) is 1. The topological polar surface area (TPSA) is 43.1 Å². The summed E-state index contributed by atoms with van der Waals surface area (Å²) in [6.45, 7) is 1.57. The normalized spacial score (nSPS) is 9.92. The molecule has 0 atom stereocenters.